The van der Waals surface area contributed by atoms with E-state index in [9.17, 15) is 0 Å². The molecule has 3 nitrogen and oxygen atoms in total. The Morgan fingerprint density at radius 2 is 1.95 bits per heavy atom. The predicted octanol–water partition coefficient (Wildman–Crippen LogP) is 2.18. The Morgan fingerprint density at radius 1 is 1.05 bits per heavy atom. The Kier molecular flexibility index (Phi) is 5.00. The van der Waals surface area contributed by atoms with E-state index in [1.165, 1.54) is 71.1 Å². The molecule has 0 bridgehead atoms. The number of fused-ring (bicyclic) bond motifs is 1. The van der Waals surface area contributed by atoms with Crippen LogP contribution in [0.15, 0.2) is 0 Å². The molecule has 0 radical (unpaired) electrons. The van der Waals surface area contributed by atoms with E-state index in [0.717, 1.165) is 23.9 Å². The van der Waals surface area contributed by atoms with E-state index in [1.54, 1.807) is 0 Å². The van der Waals surface area contributed by atoms with Crippen LogP contribution in [-0.4, -0.2) is 62.2 Å². The predicted molar refractivity (Wildman–Crippen MR) is 85.0 cm³/mol. The molecule has 2 heterocycles. The summed E-state index contributed by atoms with van der Waals surface area (Å²) in [5, 5.41) is 3.53. The van der Waals surface area contributed by atoms with Crippen molar-refractivity contribution in [3.8, 4) is 0 Å². The molecule has 3 rings (SSSR count). The highest BCUT2D eigenvalue weighted by Gasteiger charge is 2.34. The molecular formula is C17H33N3. The summed E-state index contributed by atoms with van der Waals surface area (Å²) in [6.45, 7) is 5.37. The molecule has 3 aliphatic rings. The van der Waals surface area contributed by atoms with E-state index in [2.05, 4.69) is 29.2 Å². The van der Waals surface area contributed by atoms with Crippen LogP contribution in [0.4, 0.5) is 0 Å². The van der Waals surface area contributed by atoms with Gasteiger partial charge in [-0.1, -0.05) is 6.42 Å². The smallest absolute Gasteiger partial charge is 0.0145 e. The SMILES string of the molecule is CNC1CCCC1CCN1CCC2C(CCCN2C)C1. The van der Waals surface area contributed by atoms with Crippen LogP contribution in [0.2, 0.25) is 0 Å². The first-order chi connectivity index (χ1) is 9.78. The maximum Gasteiger partial charge on any atom is 0.0145 e. The maximum atomic E-state index is 3.53. The summed E-state index contributed by atoms with van der Waals surface area (Å²) >= 11 is 0. The average Bonchev–Trinajstić information content (AvgIpc) is 2.92. The molecule has 3 heteroatoms. The number of hydrogen-bond acceptors (Lipinski definition) is 3. The number of nitrogens with one attached hydrogen (secondary N) is 1. The molecule has 1 saturated carbocycles. The number of nitrogens with zero attached hydrogens (tertiary/aromatic N) is 2. The Balaban J connectivity index is 1.45. The second-order valence-electron chi connectivity index (χ2n) is 7.41. The van der Waals surface area contributed by atoms with E-state index in [-0.39, 0.29) is 0 Å². The van der Waals surface area contributed by atoms with E-state index >= 15 is 0 Å². The molecule has 0 spiro atoms. The minimum absolute atomic E-state index is 0.799. The van der Waals surface area contributed by atoms with Gasteiger partial charge in [0, 0.05) is 18.6 Å². The largest absolute Gasteiger partial charge is 0.317 e. The zero-order valence-corrected chi connectivity index (χ0v) is 13.5. The van der Waals surface area contributed by atoms with Crippen LogP contribution in [0.5, 0.6) is 0 Å². The van der Waals surface area contributed by atoms with Crippen molar-refractivity contribution in [2.75, 3.05) is 40.3 Å². The summed E-state index contributed by atoms with van der Waals surface area (Å²) < 4.78 is 0. The molecule has 2 saturated heterocycles. The molecule has 0 aromatic heterocycles. The third-order valence-electron chi connectivity index (χ3n) is 6.28. The van der Waals surface area contributed by atoms with Crippen molar-refractivity contribution >= 4 is 0 Å². The first-order valence-electron chi connectivity index (χ1n) is 8.88. The molecule has 0 aromatic carbocycles. The molecule has 2 aliphatic heterocycles. The Hall–Kier alpha value is -0.120. The summed E-state index contributed by atoms with van der Waals surface area (Å²) in [7, 11) is 4.48. The van der Waals surface area contributed by atoms with Crippen LogP contribution in [0.1, 0.15) is 44.9 Å². The van der Waals surface area contributed by atoms with Crippen molar-refractivity contribution < 1.29 is 0 Å². The summed E-state index contributed by atoms with van der Waals surface area (Å²) in [6.07, 6.45) is 9.99. The van der Waals surface area contributed by atoms with E-state index in [1.807, 2.05) is 0 Å². The minimum Gasteiger partial charge on any atom is -0.317 e. The lowest BCUT2D eigenvalue weighted by Gasteiger charge is -2.46. The van der Waals surface area contributed by atoms with Crippen molar-refractivity contribution in [1.82, 2.24) is 15.1 Å². The Morgan fingerprint density at radius 3 is 2.80 bits per heavy atom. The number of rotatable bonds is 4. The van der Waals surface area contributed by atoms with Crippen LogP contribution in [0.25, 0.3) is 0 Å². The first kappa shape index (κ1) is 14.8. The van der Waals surface area contributed by atoms with Gasteiger partial charge >= 0.3 is 0 Å². The van der Waals surface area contributed by atoms with Gasteiger partial charge in [0.05, 0.1) is 0 Å². The van der Waals surface area contributed by atoms with Gasteiger partial charge in [0.25, 0.3) is 0 Å². The lowest BCUT2D eigenvalue weighted by molar-refractivity contribution is 0.0362. The van der Waals surface area contributed by atoms with Gasteiger partial charge in [0.2, 0.25) is 0 Å². The standard InChI is InChI=1S/C17H33N3/c1-18-16-7-3-5-14(16)8-11-20-12-9-17-15(13-20)6-4-10-19(17)2/h14-18H,3-13H2,1-2H3. The molecule has 1 aliphatic carbocycles. The van der Waals surface area contributed by atoms with Gasteiger partial charge in [0.1, 0.15) is 0 Å². The molecule has 3 fully saturated rings. The summed E-state index contributed by atoms with van der Waals surface area (Å²) in [4.78, 5) is 5.39. The van der Waals surface area contributed by atoms with E-state index < -0.39 is 0 Å². The molecule has 0 amide bonds. The van der Waals surface area contributed by atoms with E-state index in [4.69, 9.17) is 0 Å². The van der Waals surface area contributed by atoms with Crippen LogP contribution >= 0.6 is 0 Å². The van der Waals surface area contributed by atoms with Crippen molar-refractivity contribution in [1.29, 1.82) is 0 Å². The fourth-order valence-electron chi connectivity index (χ4n) is 5.04. The number of likely N-dealkylation sites (tertiary alicyclic amines) is 2. The first-order valence-corrected chi connectivity index (χ1v) is 8.88. The topological polar surface area (TPSA) is 18.5 Å². The van der Waals surface area contributed by atoms with Gasteiger partial charge < -0.3 is 15.1 Å². The number of piperidine rings is 2. The molecule has 1 N–H and O–H groups in total. The van der Waals surface area contributed by atoms with Gasteiger partial charge in [-0.3, -0.25) is 0 Å². The van der Waals surface area contributed by atoms with Crippen molar-refractivity contribution in [3.63, 3.8) is 0 Å². The fraction of sp³-hybridized carbons (Fsp3) is 1.00. The fourth-order valence-corrected chi connectivity index (χ4v) is 5.04. The van der Waals surface area contributed by atoms with Gasteiger partial charge in [-0.2, -0.15) is 0 Å². The van der Waals surface area contributed by atoms with Crippen LogP contribution in [0.3, 0.4) is 0 Å². The molecular weight excluding hydrogens is 246 g/mol. The van der Waals surface area contributed by atoms with Crippen LogP contribution in [0, 0.1) is 11.8 Å². The normalized spacial score (nSPS) is 39.9. The highest BCUT2D eigenvalue weighted by molar-refractivity contribution is 4.90. The van der Waals surface area contributed by atoms with Crippen molar-refractivity contribution in [3.05, 3.63) is 0 Å². The third-order valence-corrected chi connectivity index (χ3v) is 6.28. The van der Waals surface area contributed by atoms with Gasteiger partial charge in [0.15, 0.2) is 0 Å². The molecule has 20 heavy (non-hydrogen) atoms. The third kappa shape index (κ3) is 3.20. The van der Waals surface area contributed by atoms with Crippen molar-refractivity contribution in [2.45, 2.75) is 57.0 Å². The maximum absolute atomic E-state index is 3.53. The lowest BCUT2D eigenvalue weighted by Crippen LogP contribution is -2.52. The van der Waals surface area contributed by atoms with Gasteiger partial charge in [-0.05, 0) is 84.1 Å². The number of hydrogen-bond donors (Lipinski definition) is 1. The summed E-state index contributed by atoms with van der Waals surface area (Å²) in [5.74, 6) is 1.89. The minimum atomic E-state index is 0.799. The van der Waals surface area contributed by atoms with Gasteiger partial charge in [-0.25, -0.2) is 0 Å². The van der Waals surface area contributed by atoms with Crippen LogP contribution < -0.4 is 5.32 Å². The molecule has 4 atom stereocenters. The highest BCUT2D eigenvalue weighted by atomic mass is 15.2. The molecule has 0 aromatic rings. The second kappa shape index (κ2) is 6.76. The second-order valence-corrected chi connectivity index (χ2v) is 7.41. The Labute approximate surface area is 125 Å². The molecule has 116 valence electrons. The zero-order valence-electron chi connectivity index (χ0n) is 13.5. The lowest BCUT2D eigenvalue weighted by atomic mass is 9.84. The molecule has 4 unspecified atom stereocenters. The zero-order chi connectivity index (χ0) is 13.9. The highest BCUT2D eigenvalue weighted by Crippen LogP contribution is 2.31. The van der Waals surface area contributed by atoms with E-state index in [0.29, 0.717) is 0 Å². The van der Waals surface area contributed by atoms with Crippen molar-refractivity contribution in [2.24, 2.45) is 11.8 Å². The summed E-state index contributed by atoms with van der Waals surface area (Å²) in [6, 6.07) is 1.69. The van der Waals surface area contributed by atoms with Gasteiger partial charge in [-0.15, -0.1) is 0 Å². The monoisotopic (exact) mass is 279 g/mol. The Bertz CT molecular complexity index is 307. The quantitative estimate of drug-likeness (QED) is 0.851. The summed E-state index contributed by atoms with van der Waals surface area (Å²) in [5.41, 5.74) is 0. The van der Waals surface area contributed by atoms with Crippen LogP contribution in [-0.2, 0) is 0 Å². The average molecular weight is 279 g/mol.